The van der Waals surface area contributed by atoms with E-state index in [0.29, 0.717) is 0 Å². The highest BCUT2D eigenvalue weighted by Gasteiger charge is 2.27. The normalized spacial score (nSPS) is 45.0. The van der Waals surface area contributed by atoms with E-state index >= 15 is 0 Å². The molecular formula is C10H19N. The average Bonchev–Trinajstić information content (AvgIpc) is 2.01. The molecule has 11 heavy (non-hydrogen) atoms. The third kappa shape index (κ3) is 1.58. The van der Waals surface area contributed by atoms with Crippen molar-refractivity contribution in [3.05, 3.63) is 0 Å². The van der Waals surface area contributed by atoms with Crippen molar-refractivity contribution in [3.8, 4) is 0 Å². The minimum Gasteiger partial charge on any atom is -0.314 e. The second-order valence-corrected chi connectivity index (χ2v) is 4.33. The first-order valence-corrected chi connectivity index (χ1v) is 5.09. The van der Waals surface area contributed by atoms with E-state index in [1.54, 1.807) is 0 Å². The van der Waals surface area contributed by atoms with Crippen LogP contribution >= 0.6 is 0 Å². The second-order valence-electron chi connectivity index (χ2n) is 4.33. The Kier molecular flexibility index (Phi) is 2.17. The van der Waals surface area contributed by atoms with Crippen molar-refractivity contribution in [3.63, 3.8) is 0 Å². The molecule has 1 unspecified atom stereocenters. The fourth-order valence-corrected chi connectivity index (χ4v) is 2.64. The monoisotopic (exact) mass is 153 g/mol. The summed E-state index contributed by atoms with van der Waals surface area (Å²) in [6.45, 7) is 3.69. The molecule has 2 saturated heterocycles. The molecule has 64 valence electrons. The number of hydrogen-bond acceptors (Lipinski definition) is 1. The third-order valence-corrected chi connectivity index (χ3v) is 3.61. The van der Waals surface area contributed by atoms with Crippen LogP contribution in [0.5, 0.6) is 0 Å². The topological polar surface area (TPSA) is 12.0 Å². The Morgan fingerprint density at radius 1 is 1.00 bits per heavy atom. The van der Waals surface area contributed by atoms with E-state index in [0.717, 1.165) is 17.9 Å². The zero-order chi connectivity index (χ0) is 7.68. The van der Waals surface area contributed by atoms with E-state index in [4.69, 9.17) is 0 Å². The molecule has 0 spiro atoms. The van der Waals surface area contributed by atoms with Gasteiger partial charge in [0.25, 0.3) is 0 Å². The zero-order valence-electron chi connectivity index (χ0n) is 7.47. The van der Waals surface area contributed by atoms with Crippen molar-refractivity contribution in [1.82, 2.24) is 5.32 Å². The number of nitrogens with one attached hydrogen (secondary N) is 1. The summed E-state index contributed by atoms with van der Waals surface area (Å²) in [6.07, 6.45) is 7.25. The van der Waals surface area contributed by atoms with Crippen LogP contribution in [0.4, 0.5) is 0 Å². The molecule has 2 bridgehead atoms. The predicted octanol–water partition coefficient (Wildman–Crippen LogP) is 2.17. The van der Waals surface area contributed by atoms with Gasteiger partial charge in [0.1, 0.15) is 0 Å². The fraction of sp³-hybridized carbons (Fsp3) is 1.00. The van der Waals surface area contributed by atoms with Crippen LogP contribution in [0.3, 0.4) is 0 Å². The van der Waals surface area contributed by atoms with E-state index in [2.05, 4.69) is 12.2 Å². The number of fused-ring (bicyclic) bond motifs is 5. The third-order valence-electron chi connectivity index (χ3n) is 3.61. The maximum Gasteiger partial charge on any atom is 0.00672 e. The van der Waals surface area contributed by atoms with Crippen LogP contribution in [0.25, 0.3) is 0 Å². The predicted molar refractivity (Wildman–Crippen MR) is 47.5 cm³/mol. The maximum atomic E-state index is 3.64. The van der Waals surface area contributed by atoms with Gasteiger partial charge in [-0.25, -0.2) is 0 Å². The SMILES string of the molecule is CC1CCNC2CCC1CC2. The minimum absolute atomic E-state index is 0.874. The van der Waals surface area contributed by atoms with Crippen molar-refractivity contribution >= 4 is 0 Å². The second kappa shape index (κ2) is 3.14. The van der Waals surface area contributed by atoms with Gasteiger partial charge in [-0.2, -0.15) is 0 Å². The van der Waals surface area contributed by atoms with Gasteiger partial charge in [-0.05, 0) is 50.5 Å². The highest BCUT2D eigenvalue weighted by atomic mass is 14.9. The quantitative estimate of drug-likeness (QED) is 0.562. The summed E-state index contributed by atoms with van der Waals surface area (Å²) in [5.74, 6) is 2.04. The molecule has 1 atom stereocenters. The molecule has 1 saturated carbocycles. The Hall–Kier alpha value is -0.0400. The molecule has 2 aliphatic heterocycles. The van der Waals surface area contributed by atoms with Crippen LogP contribution in [0.2, 0.25) is 0 Å². The minimum atomic E-state index is 0.874. The summed E-state index contributed by atoms with van der Waals surface area (Å²) in [4.78, 5) is 0. The molecule has 0 radical (unpaired) electrons. The van der Waals surface area contributed by atoms with Crippen molar-refractivity contribution in [2.24, 2.45) is 11.8 Å². The molecular weight excluding hydrogens is 134 g/mol. The fourth-order valence-electron chi connectivity index (χ4n) is 2.64. The van der Waals surface area contributed by atoms with Gasteiger partial charge in [0.05, 0.1) is 0 Å². The molecule has 1 aliphatic carbocycles. The van der Waals surface area contributed by atoms with Crippen molar-refractivity contribution < 1.29 is 0 Å². The van der Waals surface area contributed by atoms with E-state index in [9.17, 15) is 0 Å². The lowest BCUT2D eigenvalue weighted by Gasteiger charge is -2.36. The highest BCUT2D eigenvalue weighted by molar-refractivity contribution is 4.82. The van der Waals surface area contributed by atoms with Gasteiger partial charge in [0, 0.05) is 6.04 Å². The molecule has 3 fully saturated rings. The van der Waals surface area contributed by atoms with Crippen molar-refractivity contribution in [2.45, 2.75) is 45.1 Å². The highest BCUT2D eigenvalue weighted by Crippen LogP contribution is 2.33. The van der Waals surface area contributed by atoms with Gasteiger partial charge in [-0.15, -0.1) is 0 Å². The molecule has 1 nitrogen and oxygen atoms in total. The molecule has 2 heterocycles. The lowest BCUT2D eigenvalue weighted by atomic mass is 9.76. The van der Waals surface area contributed by atoms with E-state index in [1.807, 2.05) is 0 Å². The molecule has 1 heteroatoms. The largest absolute Gasteiger partial charge is 0.314 e. The van der Waals surface area contributed by atoms with E-state index in [-0.39, 0.29) is 0 Å². The first kappa shape index (κ1) is 7.60. The maximum absolute atomic E-state index is 3.64. The van der Waals surface area contributed by atoms with Crippen LogP contribution in [0, 0.1) is 11.8 Å². The summed E-state index contributed by atoms with van der Waals surface area (Å²) < 4.78 is 0. The van der Waals surface area contributed by atoms with Crippen LogP contribution in [0.15, 0.2) is 0 Å². The standard InChI is InChI=1S/C10H19N/c1-8-6-7-11-10-4-2-9(8)3-5-10/h8-11H,2-7H2,1H3. The van der Waals surface area contributed by atoms with Gasteiger partial charge in [0.15, 0.2) is 0 Å². The first-order valence-electron chi connectivity index (χ1n) is 5.09. The van der Waals surface area contributed by atoms with Crippen LogP contribution in [-0.2, 0) is 0 Å². The van der Waals surface area contributed by atoms with Crippen molar-refractivity contribution in [1.29, 1.82) is 0 Å². The molecule has 0 aromatic heterocycles. The Bertz CT molecular complexity index is 122. The molecule has 3 aliphatic rings. The summed E-state index contributed by atoms with van der Waals surface area (Å²) >= 11 is 0. The van der Waals surface area contributed by atoms with Gasteiger partial charge >= 0.3 is 0 Å². The van der Waals surface area contributed by atoms with Crippen LogP contribution < -0.4 is 5.32 Å². The Balaban J connectivity index is 2.00. The molecule has 0 aromatic rings. The summed E-state index contributed by atoms with van der Waals surface area (Å²) in [6, 6.07) is 0.874. The Morgan fingerprint density at radius 3 is 2.45 bits per heavy atom. The van der Waals surface area contributed by atoms with Gasteiger partial charge in [-0.3, -0.25) is 0 Å². The summed E-state index contributed by atoms with van der Waals surface area (Å²) in [7, 11) is 0. The summed E-state index contributed by atoms with van der Waals surface area (Å²) in [5.41, 5.74) is 0. The first-order chi connectivity index (χ1) is 5.36. The zero-order valence-corrected chi connectivity index (χ0v) is 7.47. The Labute approximate surface area is 69.6 Å². The lowest BCUT2D eigenvalue weighted by molar-refractivity contribution is 0.189. The van der Waals surface area contributed by atoms with Crippen LogP contribution in [0.1, 0.15) is 39.0 Å². The summed E-state index contributed by atoms with van der Waals surface area (Å²) in [5, 5.41) is 3.64. The van der Waals surface area contributed by atoms with E-state index in [1.165, 1.54) is 38.6 Å². The molecule has 3 rings (SSSR count). The number of rotatable bonds is 0. The smallest absolute Gasteiger partial charge is 0.00672 e. The Morgan fingerprint density at radius 2 is 1.73 bits per heavy atom. The number of hydrogen-bond donors (Lipinski definition) is 1. The average molecular weight is 153 g/mol. The van der Waals surface area contributed by atoms with Gasteiger partial charge in [0.2, 0.25) is 0 Å². The van der Waals surface area contributed by atoms with Gasteiger partial charge < -0.3 is 5.32 Å². The van der Waals surface area contributed by atoms with Gasteiger partial charge in [-0.1, -0.05) is 6.92 Å². The van der Waals surface area contributed by atoms with Crippen molar-refractivity contribution in [2.75, 3.05) is 6.54 Å². The van der Waals surface area contributed by atoms with Crippen LogP contribution in [-0.4, -0.2) is 12.6 Å². The molecule has 1 N–H and O–H groups in total. The molecule has 0 amide bonds. The molecule has 0 aromatic carbocycles. The lowest BCUT2D eigenvalue weighted by Crippen LogP contribution is -2.39. The van der Waals surface area contributed by atoms with E-state index < -0.39 is 0 Å².